The number of carbonyl (C=O) groups is 1. The van der Waals surface area contributed by atoms with Gasteiger partial charge in [-0.2, -0.15) is 13.2 Å². The first-order valence-electron chi connectivity index (χ1n) is 5.06. The van der Waals surface area contributed by atoms with Crippen LogP contribution in [0.1, 0.15) is 12.0 Å². The first-order valence-corrected chi connectivity index (χ1v) is 5.82. The van der Waals surface area contributed by atoms with Gasteiger partial charge < -0.3 is 5.32 Å². The summed E-state index contributed by atoms with van der Waals surface area (Å²) >= 11 is 11.4. The maximum absolute atomic E-state index is 12.3. The zero-order valence-corrected chi connectivity index (χ0v) is 10.4. The maximum Gasteiger partial charge on any atom is 0.416 e. The Morgan fingerprint density at radius 1 is 1.28 bits per heavy atom. The van der Waals surface area contributed by atoms with Gasteiger partial charge in [-0.05, 0) is 30.7 Å². The maximum atomic E-state index is 12.3. The van der Waals surface area contributed by atoms with Crippen LogP contribution in [0.3, 0.4) is 0 Å². The average Bonchev–Trinajstić information content (AvgIpc) is 2.87. The van der Waals surface area contributed by atoms with Crippen molar-refractivity contribution in [1.29, 1.82) is 0 Å². The highest BCUT2D eigenvalue weighted by molar-refractivity contribution is 6.52. The lowest BCUT2D eigenvalue weighted by Crippen LogP contribution is -2.17. The second-order valence-corrected chi connectivity index (χ2v) is 5.62. The Labute approximate surface area is 111 Å². The number of amides is 1. The predicted molar refractivity (Wildman–Crippen MR) is 62.6 cm³/mol. The highest BCUT2D eigenvalue weighted by Crippen LogP contribution is 2.53. The molecular weight excluding hydrogens is 290 g/mol. The minimum Gasteiger partial charge on any atom is -0.326 e. The smallest absolute Gasteiger partial charge is 0.326 e. The Kier molecular flexibility index (Phi) is 3.23. The second-order valence-electron chi connectivity index (χ2n) is 4.08. The second kappa shape index (κ2) is 4.31. The normalized spacial score (nSPS) is 21.5. The largest absolute Gasteiger partial charge is 0.416 e. The zero-order chi connectivity index (χ0) is 13.6. The van der Waals surface area contributed by atoms with Gasteiger partial charge >= 0.3 is 6.18 Å². The van der Waals surface area contributed by atoms with Crippen molar-refractivity contribution in [1.82, 2.24) is 0 Å². The molecule has 1 amide bonds. The number of nitrogens with one attached hydrogen (secondary N) is 1. The fourth-order valence-electron chi connectivity index (χ4n) is 1.47. The monoisotopic (exact) mass is 297 g/mol. The van der Waals surface area contributed by atoms with Crippen molar-refractivity contribution in [2.75, 3.05) is 5.32 Å². The van der Waals surface area contributed by atoms with Crippen LogP contribution < -0.4 is 5.32 Å². The third-order valence-corrected chi connectivity index (χ3v) is 3.46. The van der Waals surface area contributed by atoms with Crippen LogP contribution in [0.5, 0.6) is 0 Å². The molecular formula is C11H8Cl2F3NO. The molecule has 18 heavy (non-hydrogen) atoms. The van der Waals surface area contributed by atoms with Gasteiger partial charge in [0.15, 0.2) is 0 Å². The van der Waals surface area contributed by atoms with E-state index in [0.717, 1.165) is 12.1 Å². The lowest BCUT2D eigenvalue weighted by atomic mass is 10.2. The minimum atomic E-state index is -4.39. The average molecular weight is 298 g/mol. The van der Waals surface area contributed by atoms with Crippen LogP contribution in [0.4, 0.5) is 18.9 Å². The first-order chi connectivity index (χ1) is 8.20. The van der Waals surface area contributed by atoms with E-state index in [1.807, 2.05) is 0 Å². The number of hydrogen-bond acceptors (Lipinski definition) is 1. The van der Waals surface area contributed by atoms with E-state index in [1.54, 1.807) is 0 Å². The molecule has 0 bridgehead atoms. The summed E-state index contributed by atoms with van der Waals surface area (Å²) in [5.74, 6) is -0.900. The van der Waals surface area contributed by atoms with Crippen molar-refractivity contribution in [2.24, 2.45) is 5.92 Å². The Hall–Kier alpha value is -0.940. The molecule has 1 aromatic rings. The number of carbonyl (C=O) groups excluding carboxylic acids is 1. The summed E-state index contributed by atoms with van der Waals surface area (Å²) in [6.45, 7) is 0. The van der Waals surface area contributed by atoms with Gasteiger partial charge in [0.05, 0.1) is 11.5 Å². The fraction of sp³-hybridized carbons (Fsp3) is 0.364. The zero-order valence-electron chi connectivity index (χ0n) is 8.89. The molecule has 1 atom stereocenters. The number of hydrogen-bond donors (Lipinski definition) is 1. The van der Waals surface area contributed by atoms with Crippen LogP contribution in [-0.4, -0.2) is 10.2 Å². The van der Waals surface area contributed by atoms with E-state index in [1.165, 1.54) is 12.1 Å². The summed E-state index contributed by atoms with van der Waals surface area (Å²) in [5, 5.41) is 2.46. The lowest BCUT2D eigenvalue weighted by Gasteiger charge is -2.08. The molecule has 7 heteroatoms. The lowest BCUT2D eigenvalue weighted by molar-refractivity contribution is -0.137. The van der Waals surface area contributed by atoms with Crippen LogP contribution in [0.2, 0.25) is 0 Å². The van der Waals surface area contributed by atoms with Crippen molar-refractivity contribution in [3.8, 4) is 0 Å². The van der Waals surface area contributed by atoms with Gasteiger partial charge in [0.1, 0.15) is 4.33 Å². The topological polar surface area (TPSA) is 29.1 Å². The number of alkyl halides is 5. The van der Waals surface area contributed by atoms with Gasteiger partial charge in [-0.25, -0.2) is 0 Å². The van der Waals surface area contributed by atoms with E-state index in [0.29, 0.717) is 6.42 Å². The van der Waals surface area contributed by atoms with E-state index in [-0.39, 0.29) is 11.6 Å². The van der Waals surface area contributed by atoms with E-state index in [2.05, 4.69) is 5.32 Å². The highest BCUT2D eigenvalue weighted by Gasteiger charge is 2.56. The van der Waals surface area contributed by atoms with Crippen molar-refractivity contribution < 1.29 is 18.0 Å². The molecule has 98 valence electrons. The molecule has 1 aliphatic carbocycles. The van der Waals surface area contributed by atoms with Gasteiger partial charge in [-0.3, -0.25) is 4.79 Å². The predicted octanol–water partition coefficient (Wildman–Crippen LogP) is 3.84. The summed E-state index contributed by atoms with van der Waals surface area (Å²) < 4.78 is 35.9. The van der Waals surface area contributed by atoms with Crippen molar-refractivity contribution >= 4 is 34.8 Å². The van der Waals surface area contributed by atoms with E-state index < -0.39 is 22.0 Å². The number of halogens is 5. The van der Waals surface area contributed by atoms with Crippen molar-refractivity contribution in [3.63, 3.8) is 0 Å². The summed E-state index contributed by atoms with van der Waals surface area (Å²) in [7, 11) is 0. The molecule has 0 spiro atoms. The van der Waals surface area contributed by atoms with E-state index in [9.17, 15) is 18.0 Å². The third kappa shape index (κ3) is 2.90. The van der Waals surface area contributed by atoms with Crippen LogP contribution in [0, 0.1) is 5.92 Å². The molecule has 0 saturated heterocycles. The molecule has 0 aliphatic heterocycles. The SMILES string of the molecule is O=C(Nc1ccc(C(F)(F)F)cc1)[C@H]1CC1(Cl)Cl. The summed E-state index contributed by atoms with van der Waals surface area (Å²) in [6, 6.07) is 4.18. The molecule has 0 aromatic heterocycles. The van der Waals surface area contributed by atoms with Gasteiger partial charge in [0, 0.05) is 5.69 Å². The van der Waals surface area contributed by atoms with Crippen molar-refractivity contribution in [3.05, 3.63) is 29.8 Å². The summed E-state index contributed by atoms with van der Waals surface area (Å²) in [5.41, 5.74) is -0.486. The first kappa shape index (κ1) is 13.5. The van der Waals surface area contributed by atoms with Crippen molar-refractivity contribution in [2.45, 2.75) is 16.9 Å². The van der Waals surface area contributed by atoms with Crippen LogP contribution in [-0.2, 0) is 11.0 Å². The highest BCUT2D eigenvalue weighted by atomic mass is 35.5. The standard InChI is InChI=1S/C11H8Cl2F3NO/c12-10(13)5-8(10)9(18)17-7-3-1-6(2-4-7)11(14,15)16/h1-4,8H,5H2,(H,17,18)/t8-/m1/s1. The molecule has 1 aliphatic rings. The Morgan fingerprint density at radius 2 is 1.78 bits per heavy atom. The number of rotatable bonds is 2. The molecule has 0 heterocycles. The quantitative estimate of drug-likeness (QED) is 0.826. The fourth-order valence-corrected chi connectivity index (χ4v) is 1.98. The molecule has 1 saturated carbocycles. The van der Waals surface area contributed by atoms with Gasteiger partial charge in [0.25, 0.3) is 0 Å². The number of benzene rings is 1. The molecule has 1 fully saturated rings. The van der Waals surface area contributed by atoms with Crippen LogP contribution in [0.25, 0.3) is 0 Å². The van der Waals surface area contributed by atoms with Gasteiger partial charge in [0.2, 0.25) is 5.91 Å². The molecule has 2 nitrogen and oxygen atoms in total. The summed E-state index contributed by atoms with van der Waals surface area (Å²) in [6.07, 6.45) is -4.04. The molecule has 0 unspecified atom stereocenters. The molecule has 1 aromatic carbocycles. The molecule has 0 radical (unpaired) electrons. The van der Waals surface area contributed by atoms with Crippen LogP contribution >= 0.6 is 23.2 Å². The van der Waals surface area contributed by atoms with E-state index >= 15 is 0 Å². The molecule has 2 rings (SSSR count). The van der Waals surface area contributed by atoms with Crippen LogP contribution in [0.15, 0.2) is 24.3 Å². The molecule has 1 N–H and O–H groups in total. The van der Waals surface area contributed by atoms with Gasteiger partial charge in [-0.15, -0.1) is 23.2 Å². The summed E-state index contributed by atoms with van der Waals surface area (Å²) in [4.78, 5) is 11.6. The third-order valence-electron chi connectivity index (χ3n) is 2.62. The Balaban J connectivity index is 2.01. The van der Waals surface area contributed by atoms with E-state index in [4.69, 9.17) is 23.2 Å². The Morgan fingerprint density at radius 3 is 2.17 bits per heavy atom. The minimum absolute atomic E-state index is 0.282. The Bertz CT molecular complexity index is 470. The number of anilines is 1. The van der Waals surface area contributed by atoms with Gasteiger partial charge in [-0.1, -0.05) is 0 Å².